The first kappa shape index (κ1) is 18.4. The van der Waals surface area contributed by atoms with Gasteiger partial charge in [-0.25, -0.2) is 4.39 Å². The average molecular weight is 373 g/mol. The quantitative estimate of drug-likeness (QED) is 0.355. The lowest BCUT2D eigenvalue weighted by Crippen LogP contribution is -2.03. The summed E-state index contributed by atoms with van der Waals surface area (Å²) in [7, 11) is 0. The molecule has 28 heavy (non-hydrogen) atoms. The number of benzene rings is 3. The molecule has 0 saturated heterocycles. The Bertz CT molecular complexity index is 1160. The Kier molecular flexibility index (Phi) is 4.99. The van der Waals surface area contributed by atoms with Crippen LogP contribution in [-0.2, 0) is 6.54 Å². The number of carbonyl (C=O) groups excluding carboxylic acids is 1. The van der Waals surface area contributed by atoms with E-state index in [9.17, 15) is 9.18 Å². The number of para-hydroxylation sites is 1. The van der Waals surface area contributed by atoms with Crippen molar-refractivity contribution in [2.45, 2.75) is 39.4 Å². The number of hydrogen-bond donors (Lipinski definition) is 0. The highest BCUT2D eigenvalue weighted by Crippen LogP contribution is 2.29. The number of nitrogens with zero attached hydrogens (tertiary/aromatic N) is 1. The molecule has 1 aromatic heterocycles. The van der Waals surface area contributed by atoms with Gasteiger partial charge in [-0.05, 0) is 49.1 Å². The molecule has 142 valence electrons. The summed E-state index contributed by atoms with van der Waals surface area (Å²) in [5, 5.41) is 3.04. The highest BCUT2D eigenvalue weighted by atomic mass is 19.1. The maximum Gasteiger partial charge on any atom is 0.195 e. The van der Waals surface area contributed by atoms with Crippen LogP contribution in [0.4, 0.5) is 4.39 Å². The normalized spacial score (nSPS) is 12.5. The molecule has 0 aliphatic heterocycles. The molecule has 4 aromatic rings. The van der Waals surface area contributed by atoms with Gasteiger partial charge >= 0.3 is 0 Å². The molecule has 3 heteroatoms. The molecule has 0 radical (unpaired) electrons. The maximum absolute atomic E-state index is 13.5. The largest absolute Gasteiger partial charge is 0.347 e. The van der Waals surface area contributed by atoms with E-state index >= 15 is 0 Å². The summed E-state index contributed by atoms with van der Waals surface area (Å²) in [6, 6.07) is 19.9. The molecule has 0 aliphatic rings. The predicted octanol–water partition coefficient (Wildman–Crippen LogP) is 6.47. The van der Waals surface area contributed by atoms with E-state index in [4.69, 9.17) is 0 Å². The molecule has 0 amide bonds. The minimum atomic E-state index is -0.804. The van der Waals surface area contributed by atoms with Crippen LogP contribution in [0.1, 0.15) is 41.3 Å². The van der Waals surface area contributed by atoms with Crippen molar-refractivity contribution in [2.24, 2.45) is 0 Å². The van der Waals surface area contributed by atoms with Gasteiger partial charge in [0.15, 0.2) is 5.78 Å². The molecule has 4 rings (SSSR count). The fraction of sp³-hybridized carbons (Fsp3) is 0.240. The number of aryl methyl sites for hydroxylation is 2. The lowest BCUT2D eigenvalue weighted by atomic mass is 9.95. The van der Waals surface area contributed by atoms with Crippen molar-refractivity contribution in [1.29, 1.82) is 0 Å². The van der Waals surface area contributed by atoms with Gasteiger partial charge in [0.2, 0.25) is 0 Å². The molecular weight excluding hydrogens is 349 g/mol. The lowest BCUT2D eigenvalue weighted by Gasteiger charge is -2.08. The first-order valence-corrected chi connectivity index (χ1v) is 9.81. The average Bonchev–Trinajstić information content (AvgIpc) is 3.07. The number of hydrogen-bond acceptors (Lipinski definition) is 1. The summed E-state index contributed by atoms with van der Waals surface area (Å²) >= 11 is 0. The molecule has 0 fully saturated rings. The second-order valence-corrected chi connectivity index (χ2v) is 7.48. The summed E-state index contributed by atoms with van der Waals surface area (Å²) in [5.41, 5.74) is 3.61. The Morgan fingerprint density at radius 1 is 0.929 bits per heavy atom. The van der Waals surface area contributed by atoms with Crippen LogP contribution in [0.2, 0.25) is 0 Å². The van der Waals surface area contributed by atoms with Crippen LogP contribution in [0.5, 0.6) is 0 Å². The Balaban J connectivity index is 1.79. The van der Waals surface area contributed by atoms with E-state index in [-0.39, 0.29) is 5.78 Å². The third-order valence-electron chi connectivity index (χ3n) is 5.42. The smallest absolute Gasteiger partial charge is 0.195 e. The Hall–Kier alpha value is -2.94. The predicted molar refractivity (Wildman–Crippen MR) is 114 cm³/mol. The molecule has 0 bridgehead atoms. The van der Waals surface area contributed by atoms with E-state index in [0.717, 1.165) is 39.2 Å². The van der Waals surface area contributed by atoms with Crippen molar-refractivity contribution in [3.8, 4) is 0 Å². The van der Waals surface area contributed by atoms with Crippen molar-refractivity contribution in [3.63, 3.8) is 0 Å². The third-order valence-corrected chi connectivity index (χ3v) is 5.42. The van der Waals surface area contributed by atoms with Gasteiger partial charge in [0.25, 0.3) is 0 Å². The van der Waals surface area contributed by atoms with E-state index in [1.807, 2.05) is 60.8 Å². The van der Waals surface area contributed by atoms with Crippen LogP contribution in [-0.4, -0.2) is 16.5 Å². The number of halogens is 1. The van der Waals surface area contributed by atoms with Crippen LogP contribution in [0, 0.1) is 6.92 Å². The summed E-state index contributed by atoms with van der Waals surface area (Å²) < 4.78 is 15.3. The highest BCUT2D eigenvalue weighted by Gasteiger charge is 2.19. The fourth-order valence-electron chi connectivity index (χ4n) is 3.95. The fourth-order valence-corrected chi connectivity index (χ4v) is 3.95. The summed E-state index contributed by atoms with van der Waals surface area (Å²) in [5.74, 6) is 0.0324. The van der Waals surface area contributed by atoms with Gasteiger partial charge in [0.05, 0.1) is 6.17 Å². The summed E-state index contributed by atoms with van der Waals surface area (Å²) in [6.07, 6.45) is 2.40. The molecule has 0 saturated carbocycles. The monoisotopic (exact) mass is 373 g/mol. The highest BCUT2D eigenvalue weighted by molar-refractivity contribution is 6.21. The maximum atomic E-state index is 13.5. The van der Waals surface area contributed by atoms with E-state index in [1.165, 1.54) is 0 Å². The second-order valence-electron chi connectivity index (χ2n) is 7.48. The van der Waals surface area contributed by atoms with Crippen molar-refractivity contribution < 1.29 is 9.18 Å². The van der Waals surface area contributed by atoms with Gasteiger partial charge in [0.1, 0.15) is 0 Å². The zero-order chi connectivity index (χ0) is 19.7. The molecule has 0 N–H and O–H groups in total. The Morgan fingerprint density at radius 2 is 1.61 bits per heavy atom. The minimum Gasteiger partial charge on any atom is -0.347 e. The van der Waals surface area contributed by atoms with E-state index < -0.39 is 6.17 Å². The minimum absolute atomic E-state index is 0.0324. The van der Waals surface area contributed by atoms with Crippen molar-refractivity contribution in [2.75, 3.05) is 0 Å². The van der Waals surface area contributed by atoms with Crippen molar-refractivity contribution >= 4 is 27.5 Å². The molecule has 1 unspecified atom stereocenters. The van der Waals surface area contributed by atoms with Gasteiger partial charge in [0, 0.05) is 34.8 Å². The van der Waals surface area contributed by atoms with Crippen LogP contribution in [0.25, 0.3) is 21.7 Å². The number of ketones is 1. The Morgan fingerprint density at radius 3 is 2.36 bits per heavy atom. The number of aromatic nitrogens is 1. The third kappa shape index (κ3) is 3.33. The van der Waals surface area contributed by atoms with Gasteiger partial charge < -0.3 is 4.57 Å². The lowest BCUT2D eigenvalue weighted by molar-refractivity contribution is 0.104. The SMILES string of the molecule is Cc1ccc(C(=O)c2cn(CCCC(C)F)c3ccccc23)c2ccccc12. The topological polar surface area (TPSA) is 22.0 Å². The number of carbonyl (C=O) groups is 1. The zero-order valence-corrected chi connectivity index (χ0v) is 16.3. The van der Waals surface area contributed by atoms with Gasteiger partial charge in [-0.2, -0.15) is 0 Å². The second kappa shape index (κ2) is 7.59. The van der Waals surface area contributed by atoms with E-state index in [1.54, 1.807) is 6.92 Å². The van der Waals surface area contributed by atoms with Crippen molar-refractivity contribution in [3.05, 3.63) is 83.6 Å². The molecule has 1 atom stereocenters. The molecule has 0 spiro atoms. The number of fused-ring (bicyclic) bond motifs is 2. The van der Waals surface area contributed by atoms with Gasteiger partial charge in [-0.15, -0.1) is 0 Å². The Labute approximate surface area is 164 Å². The van der Waals surface area contributed by atoms with Crippen LogP contribution < -0.4 is 0 Å². The van der Waals surface area contributed by atoms with E-state index in [0.29, 0.717) is 18.5 Å². The standard InChI is InChI=1S/C25H24FNO/c1-17-13-14-22(20-10-4-3-9-19(17)20)25(28)23-16-27(15-7-8-18(2)26)24-12-6-5-11-21(23)24/h3-6,9-14,16,18H,7-8,15H2,1-2H3. The molecule has 0 aliphatic carbocycles. The number of rotatable bonds is 6. The molecule has 1 heterocycles. The van der Waals surface area contributed by atoms with Crippen LogP contribution in [0.15, 0.2) is 66.9 Å². The first-order chi connectivity index (χ1) is 13.6. The van der Waals surface area contributed by atoms with Crippen LogP contribution in [0.3, 0.4) is 0 Å². The van der Waals surface area contributed by atoms with E-state index in [2.05, 4.69) is 17.6 Å². The van der Waals surface area contributed by atoms with Gasteiger partial charge in [-0.1, -0.05) is 54.6 Å². The van der Waals surface area contributed by atoms with Crippen molar-refractivity contribution in [1.82, 2.24) is 4.57 Å². The van der Waals surface area contributed by atoms with Gasteiger partial charge in [-0.3, -0.25) is 4.79 Å². The molecule has 2 nitrogen and oxygen atoms in total. The molecular formula is C25H24FNO. The summed E-state index contributed by atoms with van der Waals surface area (Å²) in [6.45, 7) is 4.36. The van der Waals surface area contributed by atoms with Crippen LogP contribution >= 0.6 is 0 Å². The molecule has 3 aromatic carbocycles. The summed E-state index contributed by atoms with van der Waals surface area (Å²) in [4.78, 5) is 13.5. The first-order valence-electron chi connectivity index (χ1n) is 9.81. The number of alkyl halides is 1. The zero-order valence-electron chi connectivity index (χ0n) is 16.3.